The minimum atomic E-state index is -0.588. The largest absolute Gasteiger partial charge is 0.469 e. The summed E-state index contributed by atoms with van der Waals surface area (Å²) in [5.41, 5.74) is 5.51. The predicted molar refractivity (Wildman–Crippen MR) is 148 cm³/mol. The fourth-order valence-corrected chi connectivity index (χ4v) is 5.17. The molecule has 0 aliphatic heterocycles. The second kappa shape index (κ2) is 11.8. The van der Waals surface area contributed by atoms with Crippen LogP contribution in [0.15, 0.2) is 66.7 Å². The molecule has 0 bridgehead atoms. The molecule has 6 nitrogen and oxygen atoms in total. The van der Waals surface area contributed by atoms with E-state index in [1.807, 2.05) is 67.6 Å². The number of hydrogen-bond acceptors (Lipinski definition) is 6. The number of methoxy groups -OCH3 is 1. The molecule has 0 fully saturated rings. The molecule has 1 atom stereocenters. The average Bonchev–Trinajstić information content (AvgIpc) is 3.25. The Morgan fingerprint density at radius 1 is 0.973 bits per heavy atom. The Balaban J connectivity index is 1.49. The van der Waals surface area contributed by atoms with E-state index >= 15 is 0 Å². The molecule has 37 heavy (non-hydrogen) atoms. The van der Waals surface area contributed by atoms with Crippen LogP contribution in [0.4, 0.5) is 10.5 Å². The summed E-state index contributed by atoms with van der Waals surface area (Å²) < 4.78 is 14.7. The lowest BCUT2D eigenvalue weighted by molar-refractivity contribution is -0.139. The molecule has 0 aliphatic rings. The minimum absolute atomic E-state index is 0.120. The highest BCUT2D eigenvalue weighted by atomic mass is 35.5. The van der Waals surface area contributed by atoms with E-state index in [1.165, 1.54) is 18.6 Å². The van der Waals surface area contributed by atoms with Crippen LogP contribution in [0.25, 0.3) is 21.6 Å². The summed E-state index contributed by atoms with van der Waals surface area (Å²) in [6.45, 7) is 3.60. The Bertz CT molecular complexity index is 1440. The molecule has 3 aromatic carbocycles. The highest BCUT2D eigenvalue weighted by Crippen LogP contribution is 2.37. The monoisotopic (exact) mass is 554 g/mol. The van der Waals surface area contributed by atoms with Gasteiger partial charge in [0.15, 0.2) is 0 Å². The van der Waals surface area contributed by atoms with Gasteiger partial charge in [0.05, 0.1) is 29.8 Å². The van der Waals surface area contributed by atoms with Crippen molar-refractivity contribution in [2.75, 3.05) is 12.4 Å². The Morgan fingerprint density at radius 2 is 1.65 bits per heavy atom. The molecule has 0 saturated heterocycles. The molecule has 9 heteroatoms. The summed E-state index contributed by atoms with van der Waals surface area (Å²) in [6, 6.07) is 20.7. The van der Waals surface area contributed by atoms with Crippen molar-refractivity contribution in [3.8, 4) is 21.6 Å². The average molecular weight is 555 g/mol. The van der Waals surface area contributed by atoms with Crippen molar-refractivity contribution in [1.29, 1.82) is 0 Å². The topological polar surface area (TPSA) is 77.5 Å². The number of carbonyl (C=O) groups excluding carboxylic acids is 2. The molecular formula is C28H24Cl2N2O4S. The number of rotatable bonds is 7. The van der Waals surface area contributed by atoms with Crippen LogP contribution in [0.5, 0.6) is 0 Å². The molecule has 0 radical (unpaired) electrons. The van der Waals surface area contributed by atoms with E-state index in [-0.39, 0.29) is 12.4 Å². The van der Waals surface area contributed by atoms with E-state index in [1.54, 1.807) is 13.0 Å². The van der Waals surface area contributed by atoms with Gasteiger partial charge in [0, 0.05) is 15.6 Å². The quantitative estimate of drug-likeness (QED) is 0.233. The Morgan fingerprint density at radius 3 is 2.32 bits per heavy atom. The summed E-state index contributed by atoms with van der Waals surface area (Å²) in [4.78, 5) is 25.1. The molecule has 4 aromatic rings. The van der Waals surface area contributed by atoms with Crippen LogP contribution in [0.3, 0.4) is 0 Å². The highest BCUT2D eigenvalue weighted by molar-refractivity contribution is 7.10. The van der Waals surface area contributed by atoms with Gasteiger partial charge in [-0.2, -0.15) is 4.37 Å². The van der Waals surface area contributed by atoms with Gasteiger partial charge >= 0.3 is 12.1 Å². The molecule has 1 N–H and O–H groups in total. The van der Waals surface area contributed by atoms with E-state index in [0.29, 0.717) is 27.0 Å². The number of ether oxygens (including phenoxy) is 2. The Labute approximate surface area is 229 Å². The zero-order valence-corrected chi connectivity index (χ0v) is 22.7. The van der Waals surface area contributed by atoms with Crippen molar-refractivity contribution in [3.05, 3.63) is 93.6 Å². The van der Waals surface area contributed by atoms with Crippen LogP contribution in [0.2, 0.25) is 10.0 Å². The number of anilines is 1. The van der Waals surface area contributed by atoms with Crippen molar-refractivity contribution in [3.63, 3.8) is 0 Å². The first-order valence-corrected chi connectivity index (χ1v) is 12.9. The maximum absolute atomic E-state index is 12.7. The first-order valence-electron chi connectivity index (χ1n) is 11.4. The van der Waals surface area contributed by atoms with Gasteiger partial charge in [-0.15, -0.1) is 0 Å². The third-order valence-electron chi connectivity index (χ3n) is 5.81. The smallest absolute Gasteiger partial charge is 0.412 e. The van der Waals surface area contributed by atoms with Crippen LogP contribution in [0, 0.1) is 6.92 Å². The van der Waals surface area contributed by atoms with Gasteiger partial charge in [-0.25, -0.2) is 4.79 Å². The number of hydrogen-bond donors (Lipinski definition) is 1. The minimum Gasteiger partial charge on any atom is -0.469 e. The van der Waals surface area contributed by atoms with E-state index < -0.39 is 12.2 Å². The number of nitrogens with zero attached hydrogens (tertiary/aromatic N) is 1. The molecular weight excluding hydrogens is 531 g/mol. The van der Waals surface area contributed by atoms with E-state index in [4.69, 9.17) is 32.7 Å². The number of carbonyl (C=O) groups is 2. The van der Waals surface area contributed by atoms with Gasteiger partial charge in [0.1, 0.15) is 6.10 Å². The van der Waals surface area contributed by atoms with Gasteiger partial charge in [0.25, 0.3) is 0 Å². The second-order valence-electron chi connectivity index (χ2n) is 8.30. The molecule has 1 amide bonds. The number of aryl methyl sites for hydroxylation is 1. The molecule has 0 spiro atoms. The summed E-state index contributed by atoms with van der Waals surface area (Å²) in [5.74, 6) is -0.342. The predicted octanol–water partition coefficient (Wildman–Crippen LogP) is 8.12. The maximum Gasteiger partial charge on any atom is 0.412 e. The number of esters is 1. The third kappa shape index (κ3) is 6.31. The summed E-state index contributed by atoms with van der Waals surface area (Å²) >= 11 is 13.9. The first kappa shape index (κ1) is 26.7. The lowest BCUT2D eigenvalue weighted by Crippen LogP contribution is -2.16. The number of nitrogens with one attached hydrogen (secondary N) is 1. The number of benzene rings is 3. The number of amides is 1. The second-order valence-corrected chi connectivity index (χ2v) is 9.89. The lowest BCUT2D eigenvalue weighted by Gasteiger charge is -2.16. The van der Waals surface area contributed by atoms with Crippen molar-refractivity contribution in [1.82, 2.24) is 4.37 Å². The first-order chi connectivity index (χ1) is 17.8. The Hall–Kier alpha value is -3.39. The Kier molecular flexibility index (Phi) is 8.48. The molecule has 1 aromatic heterocycles. The number of aromatic nitrogens is 1. The van der Waals surface area contributed by atoms with Crippen LogP contribution in [-0.2, 0) is 20.7 Å². The zero-order valence-electron chi connectivity index (χ0n) is 20.4. The van der Waals surface area contributed by atoms with Gasteiger partial charge in [-0.3, -0.25) is 10.1 Å². The molecule has 1 unspecified atom stereocenters. The van der Waals surface area contributed by atoms with Crippen molar-refractivity contribution < 1.29 is 19.1 Å². The maximum atomic E-state index is 12.7. The van der Waals surface area contributed by atoms with Crippen LogP contribution >= 0.6 is 34.7 Å². The van der Waals surface area contributed by atoms with Crippen molar-refractivity contribution in [2.45, 2.75) is 26.4 Å². The molecule has 0 saturated carbocycles. The lowest BCUT2D eigenvalue weighted by atomic mass is 10.0. The fourth-order valence-electron chi connectivity index (χ4n) is 3.79. The molecule has 4 rings (SSSR count). The van der Waals surface area contributed by atoms with Crippen LogP contribution < -0.4 is 5.32 Å². The third-order valence-corrected chi connectivity index (χ3v) is 7.50. The fraction of sp³-hybridized carbons (Fsp3) is 0.179. The van der Waals surface area contributed by atoms with Crippen molar-refractivity contribution in [2.24, 2.45) is 0 Å². The molecule has 190 valence electrons. The standard InChI is InChI=1S/C28H24Cl2N2O4S/c1-16-26(31-28(34)36-17(2)22-6-4-5-7-23(22)29)27(37-32-16)19-10-8-18(9-11-19)20-12-13-21(24(30)14-20)15-25(33)35-3/h4-14,17H,15H2,1-3H3,(H,31,34). The van der Waals surface area contributed by atoms with Gasteiger partial charge in [0.2, 0.25) is 0 Å². The SMILES string of the molecule is COC(=O)Cc1ccc(-c2ccc(-c3snc(C)c3NC(=O)OC(C)c3ccccc3Cl)cc2)cc1Cl. The van der Waals surface area contributed by atoms with Gasteiger partial charge < -0.3 is 9.47 Å². The van der Waals surface area contributed by atoms with Crippen LogP contribution in [0.1, 0.15) is 29.8 Å². The molecule has 0 aliphatic carbocycles. The highest BCUT2D eigenvalue weighted by Gasteiger charge is 2.19. The zero-order chi connectivity index (χ0) is 26.5. The van der Waals surface area contributed by atoms with E-state index in [9.17, 15) is 9.59 Å². The van der Waals surface area contributed by atoms with Crippen LogP contribution in [-0.4, -0.2) is 23.5 Å². The number of halogens is 2. The van der Waals surface area contributed by atoms with E-state index in [2.05, 4.69) is 9.69 Å². The normalized spacial score (nSPS) is 11.6. The molecule has 1 heterocycles. The van der Waals surface area contributed by atoms with E-state index in [0.717, 1.165) is 27.1 Å². The summed E-state index contributed by atoms with van der Waals surface area (Å²) in [6.07, 6.45) is -0.987. The van der Waals surface area contributed by atoms with Gasteiger partial charge in [-0.05, 0) is 59.8 Å². The summed E-state index contributed by atoms with van der Waals surface area (Å²) in [7, 11) is 1.35. The van der Waals surface area contributed by atoms with Gasteiger partial charge in [-0.1, -0.05) is 77.8 Å². The van der Waals surface area contributed by atoms with Crippen molar-refractivity contribution >= 4 is 52.5 Å². The summed E-state index contributed by atoms with van der Waals surface area (Å²) in [5, 5.41) is 3.89.